The van der Waals surface area contributed by atoms with Crippen LogP contribution in [0.1, 0.15) is 25.0 Å². The first-order chi connectivity index (χ1) is 12.0. The molecule has 0 spiro atoms. The number of hydrogen-bond acceptors (Lipinski definition) is 3. The Hall–Kier alpha value is -2.50. The maximum absolute atomic E-state index is 13.0. The number of amides is 1. The molecule has 1 saturated heterocycles. The van der Waals surface area contributed by atoms with E-state index in [0.717, 1.165) is 11.1 Å². The van der Waals surface area contributed by atoms with Crippen molar-refractivity contribution in [2.24, 2.45) is 0 Å². The van der Waals surface area contributed by atoms with Crippen LogP contribution in [0.25, 0.3) is 6.08 Å². The van der Waals surface area contributed by atoms with Gasteiger partial charge in [-0.25, -0.2) is 4.39 Å². The van der Waals surface area contributed by atoms with Gasteiger partial charge < -0.3 is 4.74 Å². The van der Waals surface area contributed by atoms with Crippen LogP contribution in [0.15, 0.2) is 60.7 Å². The van der Waals surface area contributed by atoms with Crippen LogP contribution in [0.3, 0.4) is 0 Å². The summed E-state index contributed by atoms with van der Waals surface area (Å²) in [4.78, 5) is 18.2. The smallest absolute Gasteiger partial charge is 0.280 e. The lowest BCUT2D eigenvalue weighted by molar-refractivity contribution is -0.204. The summed E-state index contributed by atoms with van der Waals surface area (Å²) in [6.45, 7) is 3.69. The molecule has 2 aromatic rings. The molecule has 2 aromatic carbocycles. The van der Waals surface area contributed by atoms with Gasteiger partial charge in [0.2, 0.25) is 0 Å². The van der Waals surface area contributed by atoms with Gasteiger partial charge in [0.25, 0.3) is 5.91 Å². The number of hydroxylamine groups is 2. The van der Waals surface area contributed by atoms with Crippen LogP contribution in [0.2, 0.25) is 0 Å². The van der Waals surface area contributed by atoms with E-state index >= 15 is 0 Å². The topological polar surface area (TPSA) is 38.8 Å². The number of ether oxygens (including phenoxy) is 1. The van der Waals surface area contributed by atoms with Gasteiger partial charge in [0.15, 0.2) is 6.23 Å². The fourth-order valence-electron chi connectivity index (χ4n) is 2.52. The van der Waals surface area contributed by atoms with Crippen molar-refractivity contribution in [2.45, 2.75) is 32.3 Å². The Labute approximate surface area is 146 Å². The first-order valence-electron chi connectivity index (χ1n) is 8.08. The number of rotatable bonds is 5. The van der Waals surface area contributed by atoms with Crippen LogP contribution < -0.4 is 0 Å². The van der Waals surface area contributed by atoms with Gasteiger partial charge in [-0.1, -0.05) is 48.5 Å². The minimum Gasteiger partial charge on any atom is -0.336 e. The van der Waals surface area contributed by atoms with E-state index in [1.807, 2.05) is 30.3 Å². The van der Waals surface area contributed by atoms with E-state index in [0.29, 0.717) is 0 Å². The molecule has 1 fully saturated rings. The zero-order valence-electron chi connectivity index (χ0n) is 14.2. The summed E-state index contributed by atoms with van der Waals surface area (Å²) >= 11 is 0. The van der Waals surface area contributed by atoms with Crippen molar-refractivity contribution in [3.05, 3.63) is 77.6 Å². The van der Waals surface area contributed by atoms with Crippen LogP contribution in [-0.4, -0.2) is 22.8 Å². The highest BCUT2D eigenvalue weighted by molar-refractivity contribution is 5.85. The van der Waals surface area contributed by atoms with Crippen molar-refractivity contribution in [3.8, 4) is 0 Å². The second kappa shape index (κ2) is 7.17. The molecule has 25 heavy (non-hydrogen) atoms. The van der Waals surface area contributed by atoms with Gasteiger partial charge in [-0.05, 0) is 43.2 Å². The third-order valence-corrected chi connectivity index (χ3v) is 3.90. The second-order valence-corrected chi connectivity index (χ2v) is 6.32. The second-order valence-electron chi connectivity index (χ2n) is 6.32. The van der Waals surface area contributed by atoms with Crippen LogP contribution in [0, 0.1) is 5.82 Å². The number of carbonyl (C=O) groups excluding carboxylic acids is 1. The molecule has 0 N–H and O–H groups in total. The number of benzene rings is 2. The highest BCUT2D eigenvalue weighted by Gasteiger charge is 2.46. The van der Waals surface area contributed by atoms with E-state index in [4.69, 9.17) is 9.57 Å². The van der Waals surface area contributed by atoms with Gasteiger partial charge in [0, 0.05) is 0 Å². The summed E-state index contributed by atoms with van der Waals surface area (Å²) < 4.78 is 18.8. The largest absolute Gasteiger partial charge is 0.336 e. The quantitative estimate of drug-likeness (QED) is 0.827. The molecular formula is C20H20FNO3. The maximum Gasteiger partial charge on any atom is 0.280 e. The van der Waals surface area contributed by atoms with Crippen LogP contribution in [0.4, 0.5) is 4.39 Å². The van der Waals surface area contributed by atoms with Crippen molar-refractivity contribution < 1.29 is 18.8 Å². The third kappa shape index (κ3) is 4.13. The summed E-state index contributed by atoms with van der Waals surface area (Å²) in [5.41, 5.74) is 0.806. The zero-order valence-corrected chi connectivity index (χ0v) is 14.2. The molecule has 5 heteroatoms. The van der Waals surface area contributed by atoms with E-state index < -0.39 is 11.8 Å². The predicted octanol–water partition coefficient (Wildman–Crippen LogP) is 3.93. The first-order valence-corrected chi connectivity index (χ1v) is 8.08. The van der Waals surface area contributed by atoms with Crippen LogP contribution >= 0.6 is 0 Å². The fourth-order valence-corrected chi connectivity index (χ4v) is 2.52. The number of nitrogens with zero attached hydrogens (tertiary/aromatic N) is 1. The SMILES string of the molecule is CC1(C)OC(C=Cc2ccc(F)cc2)N(OCc2ccccc2)C1=O. The molecule has 1 heterocycles. The van der Waals surface area contributed by atoms with E-state index in [-0.39, 0.29) is 18.3 Å². The van der Waals surface area contributed by atoms with Crippen molar-refractivity contribution >= 4 is 12.0 Å². The molecule has 3 rings (SSSR count). The van der Waals surface area contributed by atoms with Crippen molar-refractivity contribution in [1.82, 2.24) is 5.06 Å². The Morgan fingerprint density at radius 1 is 1.16 bits per heavy atom. The highest BCUT2D eigenvalue weighted by Crippen LogP contribution is 2.29. The predicted molar refractivity (Wildman–Crippen MR) is 92.5 cm³/mol. The Morgan fingerprint density at radius 2 is 1.84 bits per heavy atom. The normalized spacial score (nSPS) is 19.7. The van der Waals surface area contributed by atoms with Gasteiger partial charge >= 0.3 is 0 Å². The number of halogens is 1. The molecule has 4 nitrogen and oxygen atoms in total. The third-order valence-electron chi connectivity index (χ3n) is 3.90. The lowest BCUT2D eigenvalue weighted by Gasteiger charge is -2.19. The van der Waals surface area contributed by atoms with E-state index in [2.05, 4.69) is 0 Å². The number of hydrogen-bond donors (Lipinski definition) is 0. The number of carbonyl (C=O) groups is 1. The molecule has 1 unspecified atom stereocenters. The van der Waals surface area contributed by atoms with Gasteiger partial charge in [-0.15, -0.1) is 0 Å². The monoisotopic (exact) mass is 341 g/mol. The molecule has 130 valence electrons. The van der Waals surface area contributed by atoms with E-state index in [9.17, 15) is 9.18 Å². The van der Waals surface area contributed by atoms with Gasteiger partial charge in [0.1, 0.15) is 18.0 Å². The van der Waals surface area contributed by atoms with E-state index in [1.54, 1.807) is 38.1 Å². The lowest BCUT2D eigenvalue weighted by Crippen LogP contribution is -2.37. The first kappa shape index (κ1) is 17.3. The molecule has 0 saturated carbocycles. The molecule has 1 amide bonds. The van der Waals surface area contributed by atoms with E-state index in [1.165, 1.54) is 17.2 Å². The van der Waals surface area contributed by atoms with Crippen molar-refractivity contribution in [2.75, 3.05) is 0 Å². The minimum absolute atomic E-state index is 0.239. The Kier molecular flexibility index (Phi) is 4.97. The fraction of sp³-hybridized carbons (Fsp3) is 0.250. The molecule has 0 radical (unpaired) electrons. The summed E-state index contributed by atoms with van der Waals surface area (Å²) in [7, 11) is 0. The Bertz CT molecular complexity index is 756. The average Bonchev–Trinajstić information content (AvgIpc) is 2.83. The van der Waals surface area contributed by atoms with Crippen molar-refractivity contribution in [3.63, 3.8) is 0 Å². The van der Waals surface area contributed by atoms with Gasteiger partial charge in [-0.3, -0.25) is 9.63 Å². The average molecular weight is 341 g/mol. The molecule has 0 aliphatic carbocycles. The van der Waals surface area contributed by atoms with Gasteiger partial charge in [-0.2, -0.15) is 5.06 Å². The lowest BCUT2D eigenvalue weighted by atomic mass is 10.1. The minimum atomic E-state index is -0.964. The zero-order chi connectivity index (χ0) is 17.9. The molecule has 1 aliphatic heterocycles. The molecule has 0 aromatic heterocycles. The summed E-state index contributed by atoms with van der Waals surface area (Å²) in [6.07, 6.45) is 2.86. The Balaban J connectivity index is 1.73. The highest BCUT2D eigenvalue weighted by atomic mass is 19.1. The molecule has 1 atom stereocenters. The molecule has 0 bridgehead atoms. The van der Waals surface area contributed by atoms with Crippen LogP contribution in [0.5, 0.6) is 0 Å². The summed E-state index contributed by atoms with van der Waals surface area (Å²) in [5.74, 6) is -0.532. The standard InChI is InChI=1S/C20H20FNO3/c1-20(2)19(23)22(24-14-16-6-4-3-5-7-16)18(25-20)13-10-15-8-11-17(21)12-9-15/h3-13,18H,14H2,1-2H3. The summed E-state index contributed by atoms with van der Waals surface area (Å²) in [6, 6.07) is 15.7. The molecular weight excluding hydrogens is 321 g/mol. The maximum atomic E-state index is 13.0. The Morgan fingerprint density at radius 3 is 2.52 bits per heavy atom. The summed E-state index contributed by atoms with van der Waals surface area (Å²) in [5, 5.41) is 1.26. The van der Waals surface area contributed by atoms with Crippen LogP contribution in [-0.2, 0) is 21.0 Å². The van der Waals surface area contributed by atoms with Gasteiger partial charge in [0.05, 0.1) is 0 Å². The molecule has 1 aliphatic rings. The van der Waals surface area contributed by atoms with Crippen molar-refractivity contribution in [1.29, 1.82) is 0 Å².